The highest BCUT2D eigenvalue weighted by atomic mass is 16.5. The van der Waals surface area contributed by atoms with Gasteiger partial charge in [0.2, 0.25) is 0 Å². The lowest BCUT2D eigenvalue weighted by Gasteiger charge is -2.18. The molecule has 0 amide bonds. The van der Waals surface area contributed by atoms with Crippen molar-refractivity contribution >= 4 is 5.78 Å². The van der Waals surface area contributed by atoms with E-state index in [-0.39, 0.29) is 5.78 Å². The number of rotatable bonds is 14. The maximum Gasteiger partial charge on any atom is 0.198 e. The number of ether oxygens (including phenoxy) is 3. The number of hydrogen-bond donors (Lipinski definition) is 0. The lowest BCUT2D eigenvalue weighted by molar-refractivity contribution is 0.103. The van der Waals surface area contributed by atoms with E-state index in [4.69, 9.17) is 14.2 Å². The van der Waals surface area contributed by atoms with E-state index in [0.717, 1.165) is 61.4 Å². The number of nitrogens with zero attached hydrogens (tertiary/aromatic N) is 2. The Hall–Kier alpha value is -2.57. The second-order valence-electron chi connectivity index (χ2n) is 10.5. The Kier molecular flexibility index (Phi) is 9.01. The molecule has 0 spiro atoms. The van der Waals surface area contributed by atoms with Crippen molar-refractivity contribution in [1.29, 1.82) is 0 Å². The van der Waals surface area contributed by atoms with Crippen LogP contribution in [0, 0.1) is 0 Å². The van der Waals surface area contributed by atoms with Crippen LogP contribution in [0.3, 0.4) is 0 Å². The van der Waals surface area contributed by atoms with Gasteiger partial charge in [0.25, 0.3) is 0 Å². The molecule has 0 saturated carbocycles. The third-order valence-electron chi connectivity index (χ3n) is 7.78. The van der Waals surface area contributed by atoms with E-state index in [2.05, 4.69) is 16.7 Å². The molecule has 2 aliphatic heterocycles. The Labute approximate surface area is 221 Å². The van der Waals surface area contributed by atoms with Gasteiger partial charge >= 0.3 is 0 Å². The fourth-order valence-corrected chi connectivity index (χ4v) is 5.79. The molecule has 2 fully saturated rings. The summed E-state index contributed by atoms with van der Waals surface area (Å²) in [6, 6.07) is 9.69. The predicted octanol–water partition coefficient (Wildman–Crippen LogP) is 5.81. The molecule has 0 unspecified atom stereocenters. The highest BCUT2D eigenvalue weighted by Gasteiger charge is 2.35. The number of unbranched alkanes of at least 4 members (excludes halogenated alkanes) is 1. The molecule has 5 rings (SSSR count). The fourth-order valence-electron chi connectivity index (χ4n) is 5.79. The van der Waals surface area contributed by atoms with Gasteiger partial charge in [0.1, 0.15) is 17.2 Å². The Morgan fingerprint density at radius 3 is 1.73 bits per heavy atom. The van der Waals surface area contributed by atoms with Gasteiger partial charge < -0.3 is 24.0 Å². The minimum absolute atomic E-state index is 0.00278. The molecule has 0 atom stereocenters. The van der Waals surface area contributed by atoms with Gasteiger partial charge in [-0.25, -0.2) is 0 Å². The zero-order valence-corrected chi connectivity index (χ0v) is 22.4. The lowest BCUT2D eigenvalue weighted by atomic mass is 10.0. The van der Waals surface area contributed by atoms with Gasteiger partial charge in [-0.1, -0.05) is 25.5 Å². The van der Waals surface area contributed by atoms with E-state index >= 15 is 0 Å². The van der Waals surface area contributed by atoms with Gasteiger partial charge in [0.15, 0.2) is 5.78 Å². The molecule has 37 heavy (non-hydrogen) atoms. The van der Waals surface area contributed by atoms with Gasteiger partial charge in [-0.3, -0.25) is 4.79 Å². The number of benzene rings is 2. The van der Waals surface area contributed by atoms with Crippen molar-refractivity contribution in [2.75, 3.05) is 59.1 Å². The van der Waals surface area contributed by atoms with Crippen molar-refractivity contribution in [3.05, 3.63) is 41.5 Å². The largest absolute Gasteiger partial charge is 0.493 e. The first-order chi connectivity index (χ1) is 18.3. The second-order valence-corrected chi connectivity index (χ2v) is 10.5. The zero-order valence-electron chi connectivity index (χ0n) is 22.4. The van der Waals surface area contributed by atoms with Crippen LogP contribution in [0.15, 0.2) is 30.3 Å². The van der Waals surface area contributed by atoms with Gasteiger partial charge in [-0.2, -0.15) is 0 Å². The first-order valence-corrected chi connectivity index (χ1v) is 14.4. The van der Waals surface area contributed by atoms with Crippen LogP contribution in [0.4, 0.5) is 0 Å². The van der Waals surface area contributed by atoms with Crippen LogP contribution in [0.5, 0.6) is 17.2 Å². The molecule has 1 aliphatic carbocycles. The number of carbonyl (C=O) groups is 1. The van der Waals surface area contributed by atoms with Crippen LogP contribution in [-0.4, -0.2) is 74.7 Å². The summed E-state index contributed by atoms with van der Waals surface area (Å²) in [6.45, 7) is 10.9. The van der Waals surface area contributed by atoms with E-state index in [1.807, 2.05) is 30.3 Å². The molecule has 2 aromatic carbocycles. The topological polar surface area (TPSA) is 51.2 Å². The standard InChI is InChI=1S/C31H42N2O4/c1-2-3-21-35-26-13-14-27(37-23-10-20-33-17-6-7-18-33)30-29(26)28-24(31(30)34)11-8-12-25(28)36-22-9-19-32-15-4-5-16-32/h8,11-14H,2-7,9-10,15-23H2,1H3. The minimum Gasteiger partial charge on any atom is -0.493 e. The van der Waals surface area contributed by atoms with Crippen molar-refractivity contribution in [1.82, 2.24) is 9.80 Å². The molecule has 2 heterocycles. The third kappa shape index (κ3) is 6.12. The average Bonchev–Trinajstić information content (AvgIpc) is 3.68. The second kappa shape index (κ2) is 12.8. The van der Waals surface area contributed by atoms with Crippen LogP contribution < -0.4 is 14.2 Å². The minimum atomic E-state index is 0.00278. The van der Waals surface area contributed by atoms with Crippen LogP contribution in [0.1, 0.15) is 74.2 Å². The third-order valence-corrected chi connectivity index (χ3v) is 7.78. The quantitative estimate of drug-likeness (QED) is 0.257. The van der Waals surface area contributed by atoms with E-state index in [1.165, 1.54) is 51.9 Å². The molecular weight excluding hydrogens is 464 g/mol. The number of carbonyl (C=O) groups excluding carboxylic acids is 1. The van der Waals surface area contributed by atoms with Gasteiger partial charge in [-0.05, 0) is 89.3 Å². The molecule has 0 N–H and O–H groups in total. The SMILES string of the molecule is CCCCOc1ccc(OCCCN2CCCC2)c2c1-c1c(OCCCN3CCCC3)cccc1C2=O. The molecule has 3 aliphatic rings. The Bertz CT molecular complexity index is 1060. The maximum atomic E-state index is 13.7. The number of ketones is 1. The van der Waals surface area contributed by atoms with E-state index in [0.29, 0.717) is 36.7 Å². The summed E-state index contributed by atoms with van der Waals surface area (Å²) < 4.78 is 18.8. The van der Waals surface area contributed by atoms with Gasteiger partial charge in [0, 0.05) is 29.8 Å². The van der Waals surface area contributed by atoms with Crippen molar-refractivity contribution in [2.24, 2.45) is 0 Å². The molecule has 0 bridgehead atoms. The molecule has 6 nitrogen and oxygen atoms in total. The van der Waals surface area contributed by atoms with Crippen molar-refractivity contribution in [2.45, 2.75) is 58.3 Å². The van der Waals surface area contributed by atoms with Gasteiger partial charge in [-0.15, -0.1) is 0 Å². The van der Waals surface area contributed by atoms with Crippen LogP contribution >= 0.6 is 0 Å². The van der Waals surface area contributed by atoms with Crippen LogP contribution in [0.2, 0.25) is 0 Å². The number of fused-ring (bicyclic) bond motifs is 3. The summed E-state index contributed by atoms with van der Waals surface area (Å²) in [5, 5.41) is 0. The normalized spacial score (nSPS) is 17.3. The molecule has 0 radical (unpaired) electrons. The highest BCUT2D eigenvalue weighted by molar-refractivity contribution is 6.25. The average molecular weight is 507 g/mol. The zero-order chi connectivity index (χ0) is 25.5. The molecular formula is C31H42N2O4. The van der Waals surface area contributed by atoms with E-state index in [1.54, 1.807) is 0 Å². The van der Waals surface area contributed by atoms with Crippen LogP contribution in [-0.2, 0) is 0 Å². The number of hydrogen-bond acceptors (Lipinski definition) is 6. The Balaban J connectivity index is 1.34. The summed E-state index contributed by atoms with van der Waals surface area (Å²) >= 11 is 0. The van der Waals surface area contributed by atoms with Crippen molar-refractivity contribution in [3.8, 4) is 28.4 Å². The summed E-state index contributed by atoms with van der Waals surface area (Å²) in [6.07, 6.45) is 9.15. The number of likely N-dealkylation sites (tertiary alicyclic amines) is 2. The summed E-state index contributed by atoms with van der Waals surface area (Å²) in [7, 11) is 0. The smallest absolute Gasteiger partial charge is 0.198 e. The first kappa shape index (κ1) is 26.1. The molecule has 2 aromatic rings. The van der Waals surface area contributed by atoms with Crippen LogP contribution in [0.25, 0.3) is 11.1 Å². The van der Waals surface area contributed by atoms with Gasteiger partial charge in [0.05, 0.1) is 25.4 Å². The summed E-state index contributed by atoms with van der Waals surface area (Å²) in [4.78, 5) is 18.7. The molecule has 0 aromatic heterocycles. The maximum absolute atomic E-state index is 13.7. The Morgan fingerprint density at radius 1 is 0.649 bits per heavy atom. The van der Waals surface area contributed by atoms with E-state index in [9.17, 15) is 4.79 Å². The predicted molar refractivity (Wildman–Crippen MR) is 147 cm³/mol. The fraction of sp³-hybridized carbons (Fsp3) is 0.581. The van der Waals surface area contributed by atoms with Crippen molar-refractivity contribution in [3.63, 3.8) is 0 Å². The molecule has 6 heteroatoms. The van der Waals surface area contributed by atoms with Crippen molar-refractivity contribution < 1.29 is 19.0 Å². The Morgan fingerprint density at radius 2 is 1.16 bits per heavy atom. The molecule has 200 valence electrons. The summed E-state index contributed by atoms with van der Waals surface area (Å²) in [5.41, 5.74) is 3.00. The highest BCUT2D eigenvalue weighted by Crippen LogP contribution is 2.50. The first-order valence-electron chi connectivity index (χ1n) is 14.4. The van der Waals surface area contributed by atoms with E-state index < -0.39 is 0 Å². The summed E-state index contributed by atoms with van der Waals surface area (Å²) in [5.74, 6) is 2.16. The monoisotopic (exact) mass is 506 g/mol. The molecule has 2 saturated heterocycles. The lowest BCUT2D eigenvalue weighted by Crippen LogP contribution is -2.22.